The first-order valence-electron chi connectivity index (χ1n) is 6.88. The van der Waals surface area contributed by atoms with Crippen molar-refractivity contribution >= 4 is 0 Å². The highest BCUT2D eigenvalue weighted by Crippen LogP contribution is 2.28. The molecule has 1 heteroatoms. The van der Waals surface area contributed by atoms with Crippen LogP contribution in [0.4, 0.5) is 0 Å². The molecule has 1 N–H and O–H groups in total. The van der Waals surface area contributed by atoms with Crippen LogP contribution >= 0.6 is 0 Å². The van der Waals surface area contributed by atoms with Gasteiger partial charge in [0.05, 0.1) is 0 Å². The molecule has 0 aromatic carbocycles. The van der Waals surface area contributed by atoms with Crippen molar-refractivity contribution in [2.45, 2.75) is 47.5 Å². The molecule has 1 fully saturated rings. The summed E-state index contributed by atoms with van der Waals surface area (Å²) in [7, 11) is 0. The number of nitrogens with one attached hydrogen (secondary N) is 1. The molecular formula is C16H29N. The predicted octanol–water partition coefficient (Wildman–Crippen LogP) is 4.48. The van der Waals surface area contributed by atoms with Crippen molar-refractivity contribution in [2.24, 2.45) is 5.92 Å². The van der Waals surface area contributed by atoms with Crippen molar-refractivity contribution in [1.29, 1.82) is 0 Å². The van der Waals surface area contributed by atoms with Gasteiger partial charge < -0.3 is 5.32 Å². The summed E-state index contributed by atoms with van der Waals surface area (Å²) >= 11 is 0. The molecule has 1 nitrogen and oxygen atoms in total. The van der Waals surface area contributed by atoms with E-state index in [4.69, 9.17) is 0 Å². The van der Waals surface area contributed by atoms with E-state index in [-0.39, 0.29) is 0 Å². The van der Waals surface area contributed by atoms with Gasteiger partial charge in [-0.3, -0.25) is 0 Å². The van der Waals surface area contributed by atoms with Crippen molar-refractivity contribution in [3.8, 4) is 0 Å². The quantitative estimate of drug-likeness (QED) is 0.711. The van der Waals surface area contributed by atoms with Crippen molar-refractivity contribution in [2.75, 3.05) is 13.1 Å². The summed E-state index contributed by atoms with van der Waals surface area (Å²) in [6, 6.07) is 0. The van der Waals surface area contributed by atoms with E-state index >= 15 is 0 Å². The average molecular weight is 235 g/mol. The molecule has 1 unspecified atom stereocenters. The van der Waals surface area contributed by atoms with Gasteiger partial charge in [0, 0.05) is 6.54 Å². The molecule has 0 bridgehead atoms. The Kier molecular flexibility index (Phi) is 8.79. The van der Waals surface area contributed by atoms with E-state index in [2.05, 4.69) is 38.7 Å². The highest BCUT2D eigenvalue weighted by molar-refractivity contribution is 5.39. The van der Waals surface area contributed by atoms with Crippen molar-refractivity contribution in [3.05, 3.63) is 35.5 Å². The Hall–Kier alpha value is -0.820. The molecule has 1 atom stereocenters. The van der Waals surface area contributed by atoms with Gasteiger partial charge in [-0.25, -0.2) is 0 Å². The highest BCUT2D eigenvalue weighted by atomic mass is 14.9. The largest absolute Gasteiger partial charge is 0.316 e. The van der Waals surface area contributed by atoms with Crippen LogP contribution in [0.2, 0.25) is 0 Å². The Morgan fingerprint density at radius 1 is 1.29 bits per heavy atom. The van der Waals surface area contributed by atoms with Crippen LogP contribution in [0.5, 0.6) is 0 Å². The lowest BCUT2D eigenvalue weighted by Crippen LogP contribution is -2.31. The van der Waals surface area contributed by atoms with E-state index < -0.39 is 0 Å². The number of hydrogen-bond donors (Lipinski definition) is 1. The van der Waals surface area contributed by atoms with Crippen LogP contribution in [0.25, 0.3) is 0 Å². The number of hydrogen-bond acceptors (Lipinski definition) is 1. The van der Waals surface area contributed by atoms with Gasteiger partial charge in [-0.15, -0.1) is 0 Å². The van der Waals surface area contributed by atoms with E-state index in [1.807, 2.05) is 19.9 Å². The standard InChI is InChI=1S/C14H23N.C2H6/c1-5-11(3)14(12(4)6-2)13-8-7-9-15-10-13;1-2/h5-6,13,15H,1,7-10H2,2-4H3;1-2H3/b12-6-,14-11+;. The lowest BCUT2D eigenvalue weighted by atomic mass is 9.84. The molecule has 1 aliphatic heterocycles. The highest BCUT2D eigenvalue weighted by Gasteiger charge is 2.19. The first kappa shape index (κ1) is 16.2. The fraction of sp³-hybridized carbons (Fsp3) is 0.625. The van der Waals surface area contributed by atoms with Crippen molar-refractivity contribution in [3.63, 3.8) is 0 Å². The van der Waals surface area contributed by atoms with Gasteiger partial charge >= 0.3 is 0 Å². The van der Waals surface area contributed by atoms with Gasteiger partial charge in [-0.2, -0.15) is 0 Å². The zero-order valence-electron chi connectivity index (χ0n) is 12.3. The Morgan fingerprint density at radius 2 is 1.94 bits per heavy atom. The van der Waals surface area contributed by atoms with Crippen LogP contribution in [0.15, 0.2) is 35.5 Å². The second kappa shape index (κ2) is 9.23. The second-order valence-corrected chi connectivity index (χ2v) is 4.32. The molecule has 1 saturated heterocycles. The predicted molar refractivity (Wildman–Crippen MR) is 79.3 cm³/mol. The summed E-state index contributed by atoms with van der Waals surface area (Å²) in [6.07, 6.45) is 6.78. The Bertz CT molecular complexity index is 278. The number of allylic oxidation sites excluding steroid dienone is 4. The number of rotatable bonds is 3. The molecule has 0 spiro atoms. The van der Waals surface area contributed by atoms with E-state index in [0.717, 1.165) is 6.54 Å². The molecule has 0 radical (unpaired) electrons. The summed E-state index contributed by atoms with van der Waals surface area (Å²) in [5, 5.41) is 3.48. The van der Waals surface area contributed by atoms with Crippen LogP contribution in [0, 0.1) is 5.92 Å². The Labute approximate surface area is 108 Å². The van der Waals surface area contributed by atoms with Gasteiger partial charge in [0.2, 0.25) is 0 Å². The van der Waals surface area contributed by atoms with Gasteiger partial charge in [-0.05, 0) is 57.2 Å². The molecule has 17 heavy (non-hydrogen) atoms. The smallest absolute Gasteiger partial charge is 0.00203 e. The maximum absolute atomic E-state index is 3.89. The van der Waals surface area contributed by atoms with E-state index in [9.17, 15) is 0 Å². The lowest BCUT2D eigenvalue weighted by Gasteiger charge is -2.27. The van der Waals surface area contributed by atoms with Crippen LogP contribution in [0.3, 0.4) is 0 Å². The third kappa shape index (κ3) is 4.91. The summed E-state index contributed by atoms with van der Waals surface area (Å²) in [6.45, 7) is 16.7. The molecule has 1 aliphatic rings. The van der Waals surface area contributed by atoms with Crippen LogP contribution in [-0.4, -0.2) is 13.1 Å². The first-order valence-corrected chi connectivity index (χ1v) is 6.88. The normalized spacial score (nSPS) is 22.2. The second-order valence-electron chi connectivity index (χ2n) is 4.32. The van der Waals surface area contributed by atoms with E-state index in [0.29, 0.717) is 5.92 Å². The van der Waals surface area contributed by atoms with Crippen LogP contribution in [0.1, 0.15) is 47.5 Å². The molecule has 0 amide bonds. The third-order valence-corrected chi connectivity index (χ3v) is 3.29. The topological polar surface area (TPSA) is 12.0 Å². The maximum atomic E-state index is 3.89. The Morgan fingerprint density at radius 3 is 2.35 bits per heavy atom. The maximum Gasteiger partial charge on any atom is 0.00203 e. The zero-order valence-corrected chi connectivity index (χ0v) is 12.3. The molecule has 1 heterocycles. The minimum atomic E-state index is 0.674. The molecule has 1 rings (SSSR count). The third-order valence-electron chi connectivity index (χ3n) is 3.29. The van der Waals surface area contributed by atoms with Gasteiger partial charge in [0.25, 0.3) is 0 Å². The fourth-order valence-electron chi connectivity index (χ4n) is 2.32. The molecule has 0 aromatic heterocycles. The van der Waals surface area contributed by atoms with Gasteiger partial charge in [0.15, 0.2) is 0 Å². The molecule has 0 aliphatic carbocycles. The summed E-state index contributed by atoms with van der Waals surface area (Å²) in [4.78, 5) is 0. The van der Waals surface area contributed by atoms with Crippen LogP contribution < -0.4 is 5.32 Å². The number of piperidine rings is 1. The average Bonchev–Trinajstić information content (AvgIpc) is 2.42. The van der Waals surface area contributed by atoms with Crippen LogP contribution in [-0.2, 0) is 0 Å². The monoisotopic (exact) mass is 235 g/mol. The fourth-order valence-corrected chi connectivity index (χ4v) is 2.32. The zero-order chi connectivity index (χ0) is 13.3. The summed E-state index contributed by atoms with van der Waals surface area (Å²) in [5.74, 6) is 0.674. The van der Waals surface area contributed by atoms with Crippen molar-refractivity contribution in [1.82, 2.24) is 5.32 Å². The lowest BCUT2D eigenvalue weighted by molar-refractivity contribution is 0.423. The molecular weight excluding hydrogens is 206 g/mol. The SMILES string of the molecule is C=C/C(C)=C(\C(C)=C/C)C1CCCNC1.CC. The molecule has 0 saturated carbocycles. The minimum Gasteiger partial charge on any atom is -0.316 e. The molecule has 98 valence electrons. The van der Waals surface area contributed by atoms with E-state index in [1.54, 1.807) is 0 Å². The summed E-state index contributed by atoms with van der Waals surface area (Å²) in [5.41, 5.74) is 4.24. The van der Waals surface area contributed by atoms with Gasteiger partial charge in [0.1, 0.15) is 0 Å². The van der Waals surface area contributed by atoms with Crippen molar-refractivity contribution < 1.29 is 0 Å². The minimum absolute atomic E-state index is 0.674. The molecule has 0 aromatic rings. The Balaban J connectivity index is 0.00000121. The first-order chi connectivity index (χ1) is 8.20. The van der Waals surface area contributed by atoms with E-state index in [1.165, 1.54) is 36.1 Å². The van der Waals surface area contributed by atoms with Gasteiger partial charge in [-0.1, -0.05) is 38.2 Å². The summed E-state index contributed by atoms with van der Waals surface area (Å²) < 4.78 is 0.